The standard InChI is InChI=1S/C23H31N3O5/c1-4-31-23(30)19-12-14-26(15-13-19)21(28)16-25(3)22(29)17(2)24-20(27)11-10-18-8-6-5-7-9-18/h5-11,17,19H,4,12-16H2,1-3H3,(H,24,27)/b11-10+. The van der Waals surface area contributed by atoms with Crippen molar-refractivity contribution in [3.8, 4) is 0 Å². The van der Waals surface area contributed by atoms with Crippen molar-refractivity contribution >= 4 is 29.8 Å². The van der Waals surface area contributed by atoms with Gasteiger partial charge in [0.05, 0.1) is 19.1 Å². The van der Waals surface area contributed by atoms with Crippen LogP contribution in [-0.2, 0) is 23.9 Å². The molecule has 168 valence electrons. The Hall–Kier alpha value is -3.16. The Labute approximate surface area is 183 Å². The van der Waals surface area contributed by atoms with Crippen LogP contribution in [0.5, 0.6) is 0 Å². The number of carbonyl (C=O) groups excluding carboxylic acids is 4. The smallest absolute Gasteiger partial charge is 0.309 e. The molecule has 1 aromatic rings. The maximum atomic E-state index is 12.5. The lowest BCUT2D eigenvalue weighted by Crippen LogP contribution is -2.50. The summed E-state index contributed by atoms with van der Waals surface area (Å²) in [6, 6.07) is 8.60. The zero-order valence-electron chi connectivity index (χ0n) is 18.4. The highest BCUT2D eigenvalue weighted by Gasteiger charge is 2.29. The number of amides is 3. The lowest BCUT2D eigenvalue weighted by atomic mass is 9.97. The Morgan fingerprint density at radius 2 is 1.84 bits per heavy atom. The molecule has 0 saturated carbocycles. The van der Waals surface area contributed by atoms with E-state index in [0.717, 1.165) is 5.56 Å². The molecule has 2 rings (SSSR count). The molecular weight excluding hydrogens is 398 g/mol. The van der Waals surface area contributed by atoms with E-state index in [1.807, 2.05) is 30.3 Å². The molecule has 0 bridgehead atoms. The van der Waals surface area contributed by atoms with Crippen LogP contribution in [0, 0.1) is 5.92 Å². The Kier molecular flexibility index (Phi) is 9.24. The molecule has 1 N–H and O–H groups in total. The first-order chi connectivity index (χ1) is 14.8. The molecule has 0 radical (unpaired) electrons. The second kappa shape index (κ2) is 11.9. The minimum Gasteiger partial charge on any atom is -0.466 e. The highest BCUT2D eigenvalue weighted by molar-refractivity contribution is 5.96. The summed E-state index contributed by atoms with van der Waals surface area (Å²) in [6.07, 6.45) is 4.16. The predicted molar refractivity (Wildman–Crippen MR) is 117 cm³/mol. The summed E-state index contributed by atoms with van der Waals surface area (Å²) in [6.45, 7) is 4.54. The van der Waals surface area contributed by atoms with Gasteiger partial charge in [0.25, 0.3) is 0 Å². The first-order valence-electron chi connectivity index (χ1n) is 10.5. The van der Waals surface area contributed by atoms with Gasteiger partial charge in [-0.15, -0.1) is 0 Å². The van der Waals surface area contributed by atoms with E-state index >= 15 is 0 Å². The van der Waals surface area contributed by atoms with Gasteiger partial charge in [0.2, 0.25) is 17.7 Å². The van der Waals surface area contributed by atoms with Crippen LogP contribution in [0.2, 0.25) is 0 Å². The van der Waals surface area contributed by atoms with Crippen LogP contribution < -0.4 is 5.32 Å². The van der Waals surface area contributed by atoms with Gasteiger partial charge in [-0.3, -0.25) is 19.2 Å². The SMILES string of the molecule is CCOC(=O)C1CCN(C(=O)CN(C)C(=O)C(C)NC(=O)/C=C/c2ccccc2)CC1. The first-order valence-corrected chi connectivity index (χ1v) is 10.5. The third kappa shape index (κ3) is 7.55. The normalized spacial score (nSPS) is 15.4. The maximum absolute atomic E-state index is 12.5. The van der Waals surface area contributed by atoms with Gasteiger partial charge < -0.3 is 19.9 Å². The molecule has 1 aliphatic heterocycles. The highest BCUT2D eigenvalue weighted by atomic mass is 16.5. The van der Waals surface area contributed by atoms with Gasteiger partial charge in [0, 0.05) is 26.2 Å². The number of ether oxygens (including phenoxy) is 1. The molecule has 1 atom stereocenters. The molecule has 0 aromatic heterocycles. The number of rotatable bonds is 8. The van der Waals surface area contributed by atoms with E-state index < -0.39 is 6.04 Å². The fourth-order valence-electron chi connectivity index (χ4n) is 3.40. The fourth-order valence-corrected chi connectivity index (χ4v) is 3.40. The van der Waals surface area contributed by atoms with E-state index in [1.54, 1.807) is 24.8 Å². The second-order valence-electron chi connectivity index (χ2n) is 7.58. The van der Waals surface area contributed by atoms with Gasteiger partial charge in [-0.25, -0.2) is 0 Å². The fraction of sp³-hybridized carbons (Fsp3) is 0.478. The summed E-state index contributed by atoms with van der Waals surface area (Å²) in [7, 11) is 1.54. The molecular formula is C23H31N3O5. The molecule has 1 unspecified atom stereocenters. The van der Waals surface area contributed by atoms with Gasteiger partial charge in [-0.05, 0) is 38.3 Å². The van der Waals surface area contributed by atoms with Gasteiger partial charge in [-0.2, -0.15) is 0 Å². The summed E-state index contributed by atoms with van der Waals surface area (Å²) in [4.78, 5) is 51.9. The third-order valence-corrected chi connectivity index (χ3v) is 5.17. The minimum atomic E-state index is -0.764. The number of piperidine rings is 1. The molecule has 0 aliphatic carbocycles. The van der Waals surface area contributed by atoms with Crippen LogP contribution in [0.1, 0.15) is 32.3 Å². The van der Waals surface area contributed by atoms with Gasteiger partial charge in [-0.1, -0.05) is 30.3 Å². The number of hydrogen-bond donors (Lipinski definition) is 1. The van der Waals surface area contributed by atoms with Crippen molar-refractivity contribution in [3.63, 3.8) is 0 Å². The maximum Gasteiger partial charge on any atom is 0.309 e. The van der Waals surface area contributed by atoms with Crippen LogP contribution in [-0.4, -0.2) is 72.8 Å². The molecule has 1 aliphatic rings. The molecule has 3 amide bonds. The molecule has 31 heavy (non-hydrogen) atoms. The van der Waals surface area contributed by atoms with Crippen molar-refractivity contribution in [2.45, 2.75) is 32.7 Å². The minimum absolute atomic E-state index is 0.0804. The lowest BCUT2D eigenvalue weighted by Gasteiger charge is -2.32. The van der Waals surface area contributed by atoms with E-state index in [4.69, 9.17) is 4.74 Å². The van der Waals surface area contributed by atoms with E-state index in [-0.39, 0.29) is 36.2 Å². The largest absolute Gasteiger partial charge is 0.466 e. The predicted octanol–water partition coefficient (Wildman–Crippen LogP) is 1.46. The van der Waals surface area contributed by atoms with Crippen molar-refractivity contribution in [3.05, 3.63) is 42.0 Å². The topological polar surface area (TPSA) is 96.0 Å². The Morgan fingerprint density at radius 1 is 1.19 bits per heavy atom. The molecule has 0 spiro atoms. The monoisotopic (exact) mass is 429 g/mol. The summed E-state index contributed by atoms with van der Waals surface area (Å²) in [5.74, 6) is -1.31. The van der Waals surface area contributed by atoms with Crippen molar-refractivity contribution in [1.82, 2.24) is 15.1 Å². The van der Waals surface area contributed by atoms with E-state index in [2.05, 4.69) is 5.32 Å². The summed E-state index contributed by atoms with van der Waals surface area (Å²) >= 11 is 0. The van der Waals surface area contributed by atoms with Crippen LogP contribution in [0.15, 0.2) is 36.4 Å². The van der Waals surface area contributed by atoms with Crippen molar-refractivity contribution in [2.24, 2.45) is 5.92 Å². The molecule has 8 nitrogen and oxygen atoms in total. The number of benzene rings is 1. The van der Waals surface area contributed by atoms with Gasteiger partial charge in [0.15, 0.2) is 0 Å². The van der Waals surface area contributed by atoms with Crippen LogP contribution in [0.3, 0.4) is 0 Å². The Morgan fingerprint density at radius 3 is 2.45 bits per heavy atom. The van der Waals surface area contributed by atoms with Gasteiger partial charge >= 0.3 is 5.97 Å². The zero-order valence-corrected chi connectivity index (χ0v) is 18.4. The second-order valence-corrected chi connectivity index (χ2v) is 7.58. The number of nitrogens with zero attached hydrogens (tertiary/aromatic N) is 2. The molecule has 1 heterocycles. The summed E-state index contributed by atoms with van der Waals surface area (Å²) < 4.78 is 5.04. The molecule has 1 aromatic carbocycles. The number of likely N-dealkylation sites (tertiary alicyclic amines) is 1. The van der Waals surface area contributed by atoms with Crippen molar-refractivity contribution in [1.29, 1.82) is 0 Å². The average Bonchev–Trinajstić information content (AvgIpc) is 2.78. The molecule has 8 heteroatoms. The van der Waals surface area contributed by atoms with E-state index in [9.17, 15) is 19.2 Å². The molecule has 1 fully saturated rings. The van der Waals surface area contributed by atoms with Crippen molar-refractivity contribution in [2.75, 3.05) is 33.3 Å². The van der Waals surface area contributed by atoms with Crippen LogP contribution in [0.4, 0.5) is 0 Å². The molecule has 1 saturated heterocycles. The zero-order chi connectivity index (χ0) is 22.8. The number of esters is 1. The summed E-state index contributed by atoms with van der Waals surface area (Å²) in [5, 5.41) is 2.62. The highest BCUT2D eigenvalue weighted by Crippen LogP contribution is 2.19. The number of carbonyl (C=O) groups is 4. The Balaban J connectivity index is 1.78. The van der Waals surface area contributed by atoms with Crippen LogP contribution >= 0.6 is 0 Å². The first kappa shape index (κ1) is 24.1. The Bertz CT molecular complexity index is 801. The lowest BCUT2D eigenvalue weighted by molar-refractivity contribution is -0.151. The number of nitrogens with one attached hydrogen (secondary N) is 1. The number of hydrogen-bond acceptors (Lipinski definition) is 5. The van der Waals surface area contributed by atoms with Crippen LogP contribution in [0.25, 0.3) is 6.08 Å². The summed E-state index contributed by atoms with van der Waals surface area (Å²) in [5.41, 5.74) is 0.881. The van der Waals surface area contributed by atoms with E-state index in [0.29, 0.717) is 32.5 Å². The average molecular weight is 430 g/mol. The van der Waals surface area contributed by atoms with Gasteiger partial charge in [0.1, 0.15) is 6.04 Å². The van der Waals surface area contributed by atoms with Crippen molar-refractivity contribution < 1.29 is 23.9 Å². The quantitative estimate of drug-likeness (QED) is 0.499. The third-order valence-electron chi connectivity index (χ3n) is 5.17. The number of likely N-dealkylation sites (N-methyl/N-ethyl adjacent to an activating group) is 1. The van der Waals surface area contributed by atoms with E-state index in [1.165, 1.54) is 18.0 Å².